The van der Waals surface area contributed by atoms with Crippen molar-refractivity contribution in [3.8, 4) is 0 Å². The predicted octanol–water partition coefficient (Wildman–Crippen LogP) is 2.04. The highest BCUT2D eigenvalue weighted by Crippen LogP contribution is 2.19. The van der Waals surface area contributed by atoms with Crippen LogP contribution >= 0.6 is 36.2 Å². The summed E-state index contributed by atoms with van der Waals surface area (Å²) in [5.41, 5.74) is 0.860. The Labute approximate surface area is 124 Å². The van der Waals surface area contributed by atoms with Gasteiger partial charge < -0.3 is 10.2 Å². The third-order valence-electron chi connectivity index (χ3n) is 2.75. The zero-order valence-corrected chi connectivity index (χ0v) is 13.2. The Morgan fingerprint density at radius 2 is 2.11 bits per heavy atom. The summed E-state index contributed by atoms with van der Waals surface area (Å²) in [5, 5.41) is 4.29. The Kier molecular flexibility index (Phi) is 7.14. The standard InChI is InChI=1S/C11H17N3OS.2ClH/c1-7-6-14(5-4-12-7)11(15)10-8(2)13-9(3)16-10;;/h7,12H,4-6H2,1-3H3;2*1H/t7-;;/m0../s1. The van der Waals surface area contributed by atoms with Gasteiger partial charge in [0.25, 0.3) is 5.91 Å². The molecule has 0 bridgehead atoms. The Morgan fingerprint density at radius 1 is 1.44 bits per heavy atom. The summed E-state index contributed by atoms with van der Waals surface area (Å²) < 4.78 is 0. The second-order valence-electron chi connectivity index (χ2n) is 4.25. The minimum Gasteiger partial charge on any atom is -0.335 e. The lowest BCUT2D eigenvalue weighted by atomic mass is 10.2. The van der Waals surface area contributed by atoms with E-state index < -0.39 is 0 Å². The summed E-state index contributed by atoms with van der Waals surface area (Å²) in [5.74, 6) is 0.136. The monoisotopic (exact) mass is 311 g/mol. The molecular weight excluding hydrogens is 293 g/mol. The molecule has 0 radical (unpaired) electrons. The highest BCUT2D eigenvalue weighted by molar-refractivity contribution is 7.13. The zero-order valence-electron chi connectivity index (χ0n) is 10.7. The number of amides is 1. The number of piperazine rings is 1. The van der Waals surface area contributed by atoms with Gasteiger partial charge in [0, 0.05) is 25.7 Å². The van der Waals surface area contributed by atoms with Crippen LogP contribution in [0, 0.1) is 13.8 Å². The van der Waals surface area contributed by atoms with Crippen molar-refractivity contribution in [2.24, 2.45) is 0 Å². The van der Waals surface area contributed by atoms with Gasteiger partial charge >= 0.3 is 0 Å². The van der Waals surface area contributed by atoms with Crippen molar-refractivity contribution in [1.29, 1.82) is 0 Å². The first-order chi connectivity index (χ1) is 7.58. The maximum atomic E-state index is 12.2. The minimum atomic E-state index is 0. The fourth-order valence-electron chi connectivity index (χ4n) is 1.99. The van der Waals surface area contributed by atoms with E-state index in [1.807, 2.05) is 18.7 Å². The summed E-state index contributed by atoms with van der Waals surface area (Å²) in [7, 11) is 0. The van der Waals surface area contributed by atoms with Gasteiger partial charge in [-0.3, -0.25) is 4.79 Å². The largest absolute Gasteiger partial charge is 0.335 e. The summed E-state index contributed by atoms with van der Waals surface area (Å²) in [4.78, 5) is 19.3. The van der Waals surface area contributed by atoms with E-state index in [0.29, 0.717) is 6.04 Å². The molecule has 1 amide bonds. The smallest absolute Gasteiger partial charge is 0.265 e. The molecule has 1 aromatic rings. The Morgan fingerprint density at radius 3 is 2.61 bits per heavy atom. The number of aryl methyl sites for hydroxylation is 2. The number of hydrogen-bond donors (Lipinski definition) is 1. The zero-order chi connectivity index (χ0) is 11.7. The molecule has 1 aliphatic rings. The molecule has 0 unspecified atom stereocenters. The molecule has 1 fully saturated rings. The second-order valence-corrected chi connectivity index (χ2v) is 5.46. The van der Waals surface area contributed by atoms with Gasteiger partial charge in [0.2, 0.25) is 0 Å². The number of hydrogen-bond acceptors (Lipinski definition) is 4. The van der Waals surface area contributed by atoms with Gasteiger partial charge in [0.15, 0.2) is 0 Å². The van der Waals surface area contributed by atoms with Crippen molar-refractivity contribution < 1.29 is 4.79 Å². The number of thiazole rings is 1. The molecular formula is C11H19Cl2N3OS. The van der Waals surface area contributed by atoms with Gasteiger partial charge in [-0.25, -0.2) is 4.98 Å². The molecule has 0 spiro atoms. The molecule has 1 atom stereocenters. The lowest BCUT2D eigenvalue weighted by Crippen LogP contribution is -2.51. The molecule has 2 rings (SSSR count). The summed E-state index contributed by atoms with van der Waals surface area (Å²) in [6.07, 6.45) is 0. The van der Waals surface area contributed by atoms with Crippen LogP contribution in [0.2, 0.25) is 0 Å². The second kappa shape index (κ2) is 7.28. The number of aromatic nitrogens is 1. The highest BCUT2D eigenvalue weighted by Gasteiger charge is 2.24. The van der Waals surface area contributed by atoms with Crippen LogP contribution in [0.3, 0.4) is 0 Å². The molecule has 1 N–H and O–H groups in total. The predicted molar refractivity (Wildman–Crippen MR) is 79.5 cm³/mol. The van der Waals surface area contributed by atoms with Gasteiger partial charge in [0.1, 0.15) is 4.88 Å². The van der Waals surface area contributed by atoms with E-state index in [9.17, 15) is 4.79 Å². The third-order valence-corrected chi connectivity index (χ3v) is 3.81. The van der Waals surface area contributed by atoms with E-state index in [0.717, 1.165) is 35.2 Å². The lowest BCUT2D eigenvalue weighted by molar-refractivity contribution is 0.0713. The summed E-state index contributed by atoms with van der Waals surface area (Å²) in [6, 6.07) is 0.382. The number of rotatable bonds is 1. The highest BCUT2D eigenvalue weighted by atomic mass is 35.5. The maximum Gasteiger partial charge on any atom is 0.265 e. The fourth-order valence-corrected chi connectivity index (χ4v) is 2.88. The Balaban J connectivity index is 0.00000144. The SMILES string of the molecule is Cc1nc(C)c(C(=O)N2CCN[C@@H](C)C2)s1.Cl.Cl. The maximum absolute atomic E-state index is 12.2. The van der Waals surface area contributed by atoms with Crippen LogP contribution in [-0.2, 0) is 0 Å². The van der Waals surface area contributed by atoms with Crippen LogP contribution < -0.4 is 5.32 Å². The van der Waals surface area contributed by atoms with Crippen LogP contribution in [0.25, 0.3) is 0 Å². The number of halogens is 2. The summed E-state index contributed by atoms with van der Waals surface area (Å²) in [6.45, 7) is 8.40. The molecule has 0 aromatic carbocycles. The van der Waals surface area contributed by atoms with Crippen LogP contribution in [0.4, 0.5) is 0 Å². The van der Waals surface area contributed by atoms with E-state index in [4.69, 9.17) is 0 Å². The topological polar surface area (TPSA) is 45.2 Å². The molecule has 2 heterocycles. The molecule has 1 aliphatic heterocycles. The number of nitrogens with one attached hydrogen (secondary N) is 1. The van der Waals surface area contributed by atoms with Crippen molar-refractivity contribution in [3.05, 3.63) is 15.6 Å². The first kappa shape index (κ1) is 17.6. The normalized spacial score (nSPS) is 18.8. The first-order valence-corrected chi connectivity index (χ1v) is 6.36. The van der Waals surface area contributed by atoms with Gasteiger partial charge in [-0.15, -0.1) is 36.2 Å². The quantitative estimate of drug-likeness (QED) is 0.863. The molecule has 1 aromatic heterocycles. The van der Waals surface area contributed by atoms with Crippen LogP contribution in [0.1, 0.15) is 27.3 Å². The van der Waals surface area contributed by atoms with Crippen molar-refractivity contribution in [3.63, 3.8) is 0 Å². The molecule has 4 nitrogen and oxygen atoms in total. The van der Waals surface area contributed by atoms with Gasteiger partial charge in [0.05, 0.1) is 10.7 Å². The van der Waals surface area contributed by atoms with Gasteiger partial charge in [-0.1, -0.05) is 0 Å². The number of nitrogens with zero attached hydrogens (tertiary/aromatic N) is 2. The lowest BCUT2D eigenvalue weighted by Gasteiger charge is -2.31. The molecule has 0 saturated carbocycles. The summed E-state index contributed by atoms with van der Waals surface area (Å²) >= 11 is 1.49. The van der Waals surface area contributed by atoms with Crippen LogP contribution in [0.5, 0.6) is 0 Å². The van der Waals surface area contributed by atoms with Crippen molar-refractivity contribution in [2.75, 3.05) is 19.6 Å². The molecule has 0 aliphatic carbocycles. The van der Waals surface area contributed by atoms with E-state index in [2.05, 4.69) is 17.2 Å². The Hall–Kier alpha value is -0.360. The van der Waals surface area contributed by atoms with E-state index in [1.54, 1.807) is 0 Å². The van der Waals surface area contributed by atoms with Crippen LogP contribution in [0.15, 0.2) is 0 Å². The Bertz CT molecular complexity index is 411. The molecule has 18 heavy (non-hydrogen) atoms. The van der Waals surface area contributed by atoms with Gasteiger partial charge in [-0.2, -0.15) is 0 Å². The molecule has 104 valence electrons. The minimum absolute atomic E-state index is 0. The fraction of sp³-hybridized carbons (Fsp3) is 0.636. The third kappa shape index (κ3) is 3.82. The van der Waals surface area contributed by atoms with E-state index in [1.165, 1.54) is 11.3 Å². The van der Waals surface area contributed by atoms with Crippen molar-refractivity contribution >= 4 is 42.1 Å². The first-order valence-electron chi connectivity index (χ1n) is 5.54. The molecule has 1 saturated heterocycles. The number of carbonyl (C=O) groups excluding carboxylic acids is 1. The van der Waals surface area contributed by atoms with Gasteiger partial charge in [-0.05, 0) is 20.8 Å². The average molecular weight is 312 g/mol. The number of carbonyl (C=O) groups is 1. The average Bonchev–Trinajstić information content (AvgIpc) is 2.57. The molecule has 7 heteroatoms. The van der Waals surface area contributed by atoms with E-state index >= 15 is 0 Å². The van der Waals surface area contributed by atoms with Crippen molar-refractivity contribution in [1.82, 2.24) is 15.2 Å². The van der Waals surface area contributed by atoms with E-state index in [-0.39, 0.29) is 30.7 Å². The van der Waals surface area contributed by atoms with Crippen LogP contribution in [-0.4, -0.2) is 41.5 Å². The van der Waals surface area contributed by atoms with Crippen molar-refractivity contribution in [2.45, 2.75) is 26.8 Å².